The number of carbonyl (C=O) groups excluding carboxylic acids is 2. The minimum absolute atomic E-state index is 0.161. The Morgan fingerprint density at radius 2 is 1.57 bits per heavy atom. The SMILES string of the molecule is CC(C)c1ccccc1OCC(=O)N(Cc1cccc(Br)c1)[C@H](Cc1ccccc1)C(=O)NC(C)(C)C. The number of nitrogens with one attached hydrogen (secondary N) is 1. The number of nitrogens with zero attached hydrogens (tertiary/aromatic N) is 1. The molecule has 1 atom stereocenters. The summed E-state index contributed by atoms with van der Waals surface area (Å²) in [7, 11) is 0. The summed E-state index contributed by atoms with van der Waals surface area (Å²) in [4.78, 5) is 29.1. The number of ether oxygens (including phenoxy) is 1. The van der Waals surface area contributed by atoms with Gasteiger partial charge in [-0.15, -0.1) is 0 Å². The zero-order valence-electron chi connectivity index (χ0n) is 22.3. The van der Waals surface area contributed by atoms with Crippen LogP contribution < -0.4 is 10.1 Å². The molecule has 3 rings (SSSR count). The van der Waals surface area contributed by atoms with E-state index in [4.69, 9.17) is 4.74 Å². The number of halogens is 1. The van der Waals surface area contributed by atoms with Crippen LogP contribution in [0.15, 0.2) is 83.3 Å². The molecular formula is C31H37BrN2O3. The maximum absolute atomic E-state index is 13.8. The van der Waals surface area contributed by atoms with Gasteiger partial charge in [0, 0.05) is 23.0 Å². The van der Waals surface area contributed by atoms with Crippen molar-refractivity contribution in [1.29, 1.82) is 0 Å². The van der Waals surface area contributed by atoms with E-state index in [1.165, 1.54) is 0 Å². The van der Waals surface area contributed by atoms with Crippen LogP contribution in [-0.2, 0) is 22.6 Å². The summed E-state index contributed by atoms with van der Waals surface area (Å²) in [5.41, 5.74) is 2.50. The highest BCUT2D eigenvalue weighted by Crippen LogP contribution is 2.26. The van der Waals surface area contributed by atoms with Crippen LogP contribution >= 0.6 is 15.9 Å². The van der Waals surface area contributed by atoms with Gasteiger partial charge in [-0.1, -0.05) is 90.4 Å². The van der Waals surface area contributed by atoms with E-state index in [-0.39, 0.29) is 30.9 Å². The Bertz CT molecular complexity index is 1190. The zero-order valence-corrected chi connectivity index (χ0v) is 23.9. The molecule has 0 aliphatic carbocycles. The molecule has 0 fully saturated rings. The van der Waals surface area contributed by atoms with E-state index in [0.717, 1.165) is 21.2 Å². The second-order valence-electron chi connectivity index (χ2n) is 10.6. The molecule has 0 aliphatic heterocycles. The van der Waals surface area contributed by atoms with Crippen LogP contribution in [0.3, 0.4) is 0 Å². The molecule has 0 saturated heterocycles. The Morgan fingerprint density at radius 1 is 0.919 bits per heavy atom. The number of hydrogen-bond acceptors (Lipinski definition) is 3. The third-order valence-electron chi connectivity index (χ3n) is 5.90. The average molecular weight is 566 g/mol. The molecule has 0 heterocycles. The summed E-state index contributed by atoms with van der Waals surface area (Å²) in [5, 5.41) is 3.09. The van der Waals surface area contributed by atoms with Crippen LogP contribution in [0.1, 0.15) is 57.2 Å². The number of benzene rings is 3. The third-order valence-corrected chi connectivity index (χ3v) is 6.40. The first-order valence-electron chi connectivity index (χ1n) is 12.6. The molecule has 3 aromatic rings. The number of rotatable bonds is 10. The van der Waals surface area contributed by atoms with Crippen molar-refractivity contribution in [3.63, 3.8) is 0 Å². The molecular weight excluding hydrogens is 528 g/mol. The van der Waals surface area contributed by atoms with Crippen LogP contribution in [-0.4, -0.2) is 34.9 Å². The lowest BCUT2D eigenvalue weighted by Gasteiger charge is -2.34. The van der Waals surface area contributed by atoms with Gasteiger partial charge in [-0.2, -0.15) is 0 Å². The van der Waals surface area contributed by atoms with E-state index in [0.29, 0.717) is 12.2 Å². The largest absolute Gasteiger partial charge is 0.483 e. The Balaban J connectivity index is 1.95. The molecule has 5 nitrogen and oxygen atoms in total. The lowest BCUT2D eigenvalue weighted by Crippen LogP contribution is -2.55. The molecule has 196 valence electrons. The van der Waals surface area contributed by atoms with E-state index < -0.39 is 11.6 Å². The first-order chi connectivity index (χ1) is 17.5. The highest BCUT2D eigenvalue weighted by Gasteiger charge is 2.32. The predicted octanol–water partition coefficient (Wildman–Crippen LogP) is 6.51. The molecule has 0 spiro atoms. The number of carbonyl (C=O) groups is 2. The van der Waals surface area contributed by atoms with Crippen molar-refractivity contribution >= 4 is 27.7 Å². The average Bonchev–Trinajstić information content (AvgIpc) is 2.84. The van der Waals surface area contributed by atoms with E-state index in [9.17, 15) is 9.59 Å². The quantitative estimate of drug-likeness (QED) is 0.305. The zero-order chi connectivity index (χ0) is 27.0. The van der Waals surface area contributed by atoms with E-state index >= 15 is 0 Å². The Hall–Kier alpha value is -3.12. The molecule has 0 radical (unpaired) electrons. The van der Waals surface area contributed by atoms with Crippen molar-refractivity contribution in [2.45, 2.75) is 65.1 Å². The summed E-state index contributed by atoms with van der Waals surface area (Å²) in [6.07, 6.45) is 0.394. The minimum Gasteiger partial charge on any atom is -0.483 e. The highest BCUT2D eigenvalue weighted by atomic mass is 79.9. The molecule has 37 heavy (non-hydrogen) atoms. The fraction of sp³-hybridized carbons (Fsp3) is 0.355. The summed E-state index contributed by atoms with van der Waals surface area (Å²) < 4.78 is 6.97. The van der Waals surface area contributed by atoms with Crippen LogP contribution in [0, 0.1) is 0 Å². The monoisotopic (exact) mass is 564 g/mol. The minimum atomic E-state index is -0.711. The van der Waals surface area contributed by atoms with Gasteiger partial charge in [0.05, 0.1) is 0 Å². The first-order valence-corrected chi connectivity index (χ1v) is 13.4. The Kier molecular flexibility index (Phi) is 9.93. The Labute approximate surface area is 229 Å². The van der Waals surface area contributed by atoms with Gasteiger partial charge in [0.15, 0.2) is 6.61 Å². The van der Waals surface area contributed by atoms with Gasteiger partial charge in [0.1, 0.15) is 11.8 Å². The summed E-state index contributed by atoms with van der Waals surface area (Å²) in [6.45, 7) is 10.1. The van der Waals surface area contributed by atoms with Gasteiger partial charge < -0.3 is 15.0 Å². The molecule has 0 aliphatic rings. The number of hydrogen-bond donors (Lipinski definition) is 1. The van der Waals surface area contributed by atoms with Crippen LogP contribution in [0.2, 0.25) is 0 Å². The van der Waals surface area contributed by atoms with E-state index in [1.54, 1.807) is 4.90 Å². The molecule has 0 bridgehead atoms. The Morgan fingerprint density at radius 3 is 2.22 bits per heavy atom. The van der Waals surface area contributed by atoms with Crippen molar-refractivity contribution in [3.8, 4) is 5.75 Å². The van der Waals surface area contributed by atoms with E-state index in [2.05, 4.69) is 35.1 Å². The normalized spacial score (nSPS) is 12.2. The predicted molar refractivity (Wildman–Crippen MR) is 153 cm³/mol. The molecule has 3 aromatic carbocycles. The summed E-state index contributed by atoms with van der Waals surface area (Å²) in [6, 6.07) is 24.6. The van der Waals surface area contributed by atoms with Gasteiger partial charge in [0.2, 0.25) is 5.91 Å². The maximum Gasteiger partial charge on any atom is 0.261 e. The van der Waals surface area contributed by atoms with Crippen LogP contribution in [0.4, 0.5) is 0 Å². The lowest BCUT2D eigenvalue weighted by molar-refractivity contribution is -0.143. The number of para-hydroxylation sites is 1. The maximum atomic E-state index is 13.8. The summed E-state index contributed by atoms with van der Waals surface area (Å²) in [5.74, 6) is 0.505. The van der Waals surface area contributed by atoms with E-state index in [1.807, 2.05) is 99.6 Å². The molecule has 0 unspecified atom stereocenters. The lowest BCUT2D eigenvalue weighted by atomic mass is 10.0. The van der Waals surface area contributed by atoms with Gasteiger partial charge >= 0.3 is 0 Å². The first kappa shape index (κ1) is 28.5. The standard InChI is InChI=1S/C31H37BrN2O3/c1-22(2)26-16-9-10-17-28(26)37-21-29(35)34(20-24-14-11-15-25(32)18-24)27(30(36)33-31(3,4)5)19-23-12-7-6-8-13-23/h6-18,22,27H,19-21H2,1-5H3,(H,33,36)/t27-/m1/s1. The molecule has 0 saturated carbocycles. The van der Waals surface area contributed by atoms with Crippen LogP contribution in [0.25, 0.3) is 0 Å². The molecule has 1 N–H and O–H groups in total. The second kappa shape index (κ2) is 12.9. The van der Waals surface area contributed by atoms with Gasteiger partial charge in [-0.05, 0) is 61.6 Å². The third kappa shape index (κ3) is 8.74. The van der Waals surface area contributed by atoms with Gasteiger partial charge in [-0.3, -0.25) is 9.59 Å². The summed E-state index contributed by atoms with van der Waals surface area (Å²) >= 11 is 3.52. The van der Waals surface area contributed by atoms with Crippen molar-refractivity contribution in [2.24, 2.45) is 0 Å². The van der Waals surface area contributed by atoms with Crippen molar-refractivity contribution in [3.05, 3.63) is 100 Å². The fourth-order valence-corrected chi connectivity index (χ4v) is 4.60. The van der Waals surface area contributed by atoms with Crippen LogP contribution in [0.5, 0.6) is 5.75 Å². The fourth-order valence-electron chi connectivity index (χ4n) is 4.15. The smallest absolute Gasteiger partial charge is 0.261 e. The van der Waals surface area contributed by atoms with Crippen molar-refractivity contribution in [2.75, 3.05) is 6.61 Å². The topological polar surface area (TPSA) is 58.6 Å². The molecule has 6 heteroatoms. The highest BCUT2D eigenvalue weighted by molar-refractivity contribution is 9.10. The molecule has 0 aromatic heterocycles. The number of amides is 2. The second-order valence-corrected chi connectivity index (χ2v) is 11.5. The van der Waals surface area contributed by atoms with Crippen molar-refractivity contribution < 1.29 is 14.3 Å². The van der Waals surface area contributed by atoms with Crippen molar-refractivity contribution in [1.82, 2.24) is 10.2 Å². The van der Waals surface area contributed by atoms with Gasteiger partial charge in [0.25, 0.3) is 5.91 Å². The van der Waals surface area contributed by atoms with Gasteiger partial charge in [-0.25, -0.2) is 0 Å². The molecule has 2 amide bonds.